The Kier molecular flexibility index (Phi) is 7.71. The second-order valence-corrected chi connectivity index (χ2v) is 4.70. The molecule has 0 spiro atoms. The maximum Gasteiger partial charge on any atom is 0.253 e. The molecule has 21 heavy (non-hydrogen) atoms. The van der Waals surface area contributed by atoms with E-state index in [4.69, 9.17) is 15.2 Å². The van der Waals surface area contributed by atoms with Gasteiger partial charge in [0, 0.05) is 6.61 Å². The number of hydrogen-bond acceptors (Lipinski definition) is 4. The third-order valence-electron chi connectivity index (χ3n) is 2.88. The van der Waals surface area contributed by atoms with Gasteiger partial charge in [0.2, 0.25) is 0 Å². The van der Waals surface area contributed by atoms with Crippen molar-refractivity contribution in [2.24, 2.45) is 0 Å². The Bertz CT molecular complexity index is 455. The lowest BCUT2D eigenvalue weighted by Crippen LogP contribution is -2.29. The van der Waals surface area contributed by atoms with Crippen molar-refractivity contribution in [2.75, 3.05) is 30.9 Å². The van der Waals surface area contributed by atoms with Crippen molar-refractivity contribution in [1.82, 2.24) is 0 Å². The second-order valence-electron chi connectivity index (χ2n) is 4.70. The minimum absolute atomic E-state index is 0.179. The topological polar surface area (TPSA) is 73.6 Å². The quantitative estimate of drug-likeness (QED) is 0.543. The molecule has 118 valence electrons. The largest absolute Gasteiger partial charge is 0.397 e. The number of nitrogens with one attached hydrogen (secondary N) is 1. The number of carbonyl (C=O) groups is 1. The summed E-state index contributed by atoms with van der Waals surface area (Å²) in [6, 6.07) is 3.81. The van der Waals surface area contributed by atoms with E-state index >= 15 is 0 Å². The molecule has 1 unspecified atom stereocenters. The summed E-state index contributed by atoms with van der Waals surface area (Å²) in [6.45, 7) is 5.23. The van der Waals surface area contributed by atoms with E-state index < -0.39 is 11.9 Å². The fourth-order valence-corrected chi connectivity index (χ4v) is 1.59. The normalized spacial score (nSPS) is 12.1. The third-order valence-corrected chi connectivity index (χ3v) is 2.88. The number of anilines is 2. The van der Waals surface area contributed by atoms with Gasteiger partial charge in [-0.3, -0.25) is 4.79 Å². The van der Waals surface area contributed by atoms with E-state index in [0.717, 1.165) is 18.9 Å². The van der Waals surface area contributed by atoms with Crippen LogP contribution in [0.4, 0.5) is 15.8 Å². The maximum atomic E-state index is 12.9. The van der Waals surface area contributed by atoms with Crippen LogP contribution < -0.4 is 11.1 Å². The number of unbranched alkanes of at least 4 members (excludes halogenated alkanes) is 1. The highest BCUT2D eigenvalue weighted by Gasteiger charge is 2.14. The first-order valence-corrected chi connectivity index (χ1v) is 7.09. The Morgan fingerprint density at radius 3 is 2.81 bits per heavy atom. The maximum absolute atomic E-state index is 12.9. The van der Waals surface area contributed by atoms with Gasteiger partial charge in [-0.15, -0.1) is 0 Å². The molecule has 0 aromatic heterocycles. The molecule has 1 amide bonds. The third kappa shape index (κ3) is 6.55. The molecule has 1 aromatic carbocycles. The van der Waals surface area contributed by atoms with Crippen LogP contribution in [0, 0.1) is 5.82 Å². The zero-order valence-electron chi connectivity index (χ0n) is 12.5. The molecule has 0 aliphatic heterocycles. The first kappa shape index (κ1) is 17.4. The van der Waals surface area contributed by atoms with Crippen LogP contribution in [0.15, 0.2) is 18.2 Å². The van der Waals surface area contributed by atoms with Crippen molar-refractivity contribution in [3.63, 3.8) is 0 Å². The molecule has 5 nitrogen and oxygen atoms in total. The van der Waals surface area contributed by atoms with Crippen molar-refractivity contribution in [3.05, 3.63) is 24.0 Å². The SMILES string of the molecule is CCCCOCCOC(C)C(=O)Nc1ccc(F)cc1N. The predicted molar refractivity (Wildman–Crippen MR) is 80.6 cm³/mol. The molecule has 0 saturated carbocycles. The van der Waals surface area contributed by atoms with Gasteiger partial charge in [-0.25, -0.2) is 4.39 Å². The van der Waals surface area contributed by atoms with Gasteiger partial charge >= 0.3 is 0 Å². The lowest BCUT2D eigenvalue weighted by atomic mass is 10.2. The number of rotatable bonds is 9. The van der Waals surface area contributed by atoms with E-state index in [-0.39, 0.29) is 11.6 Å². The molecule has 6 heteroatoms. The van der Waals surface area contributed by atoms with E-state index in [0.29, 0.717) is 25.5 Å². The number of carbonyl (C=O) groups excluding carboxylic acids is 1. The fourth-order valence-electron chi connectivity index (χ4n) is 1.59. The smallest absolute Gasteiger partial charge is 0.253 e. The van der Waals surface area contributed by atoms with E-state index in [9.17, 15) is 9.18 Å². The van der Waals surface area contributed by atoms with Crippen molar-refractivity contribution >= 4 is 17.3 Å². The number of amides is 1. The molecular weight excluding hydrogens is 275 g/mol. The van der Waals surface area contributed by atoms with Crippen LogP contribution in [0.25, 0.3) is 0 Å². The lowest BCUT2D eigenvalue weighted by molar-refractivity contribution is -0.127. The number of nitrogens with two attached hydrogens (primary N) is 1. The molecule has 0 aliphatic carbocycles. The Morgan fingerprint density at radius 1 is 1.38 bits per heavy atom. The van der Waals surface area contributed by atoms with Crippen LogP contribution in [0.1, 0.15) is 26.7 Å². The molecule has 0 radical (unpaired) electrons. The number of halogens is 1. The summed E-state index contributed by atoms with van der Waals surface area (Å²) in [7, 11) is 0. The molecule has 1 atom stereocenters. The van der Waals surface area contributed by atoms with Gasteiger partial charge in [0.25, 0.3) is 5.91 Å². The molecule has 0 heterocycles. The van der Waals surface area contributed by atoms with Gasteiger partial charge < -0.3 is 20.5 Å². The molecule has 0 saturated heterocycles. The standard InChI is InChI=1S/C15H23FN2O3/c1-3-4-7-20-8-9-21-11(2)15(19)18-14-6-5-12(16)10-13(14)17/h5-6,10-11H,3-4,7-9,17H2,1-2H3,(H,18,19). The summed E-state index contributed by atoms with van der Waals surface area (Å²) in [5, 5.41) is 2.60. The predicted octanol–water partition coefficient (Wildman–Crippen LogP) is 2.57. The highest BCUT2D eigenvalue weighted by molar-refractivity contribution is 5.96. The first-order chi connectivity index (χ1) is 10.0. The highest BCUT2D eigenvalue weighted by Crippen LogP contribution is 2.19. The summed E-state index contributed by atoms with van der Waals surface area (Å²) in [5.41, 5.74) is 6.17. The summed E-state index contributed by atoms with van der Waals surface area (Å²) >= 11 is 0. The van der Waals surface area contributed by atoms with Crippen LogP contribution in [0.5, 0.6) is 0 Å². The van der Waals surface area contributed by atoms with E-state index in [1.54, 1.807) is 6.92 Å². The molecule has 1 aromatic rings. The fraction of sp³-hybridized carbons (Fsp3) is 0.533. The van der Waals surface area contributed by atoms with E-state index in [1.807, 2.05) is 0 Å². The average Bonchev–Trinajstić information content (AvgIpc) is 2.45. The molecule has 0 fully saturated rings. The molecular formula is C15H23FN2O3. The van der Waals surface area contributed by atoms with Gasteiger partial charge in [0.05, 0.1) is 24.6 Å². The van der Waals surface area contributed by atoms with Gasteiger partial charge in [0.15, 0.2) is 0 Å². The highest BCUT2D eigenvalue weighted by atomic mass is 19.1. The first-order valence-electron chi connectivity index (χ1n) is 7.09. The van der Waals surface area contributed by atoms with Crippen molar-refractivity contribution in [2.45, 2.75) is 32.8 Å². The van der Waals surface area contributed by atoms with Crippen molar-refractivity contribution in [3.8, 4) is 0 Å². The number of nitrogen functional groups attached to an aromatic ring is 1. The van der Waals surface area contributed by atoms with Crippen LogP contribution in [0.3, 0.4) is 0 Å². The number of ether oxygens (including phenoxy) is 2. The lowest BCUT2D eigenvalue weighted by Gasteiger charge is -2.14. The van der Waals surface area contributed by atoms with Crippen LogP contribution >= 0.6 is 0 Å². The van der Waals surface area contributed by atoms with Gasteiger partial charge in [0.1, 0.15) is 11.9 Å². The minimum Gasteiger partial charge on any atom is -0.397 e. The zero-order valence-corrected chi connectivity index (χ0v) is 12.5. The summed E-state index contributed by atoms with van der Waals surface area (Å²) in [5.74, 6) is -0.777. The van der Waals surface area contributed by atoms with E-state index in [1.165, 1.54) is 12.1 Å². The Morgan fingerprint density at radius 2 is 2.14 bits per heavy atom. The summed E-state index contributed by atoms with van der Waals surface area (Å²) in [4.78, 5) is 11.9. The van der Waals surface area contributed by atoms with Crippen LogP contribution in [-0.2, 0) is 14.3 Å². The monoisotopic (exact) mass is 298 g/mol. The van der Waals surface area contributed by atoms with Crippen LogP contribution in [0.2, 0.25) is 0 Å². The Hall–Kier alpha value is -1.66. The summed E-state index contributed by atoms with van der Waals surface area (Å²) < 4.78 is 23.6. The summed E-state index contributed by atoms with van der Waals surface area (Å²) in [6.07, 6.45) is 1.46. The van der Waals surface area contributed by atoms with Crippen LogP contribution in [-0.4, -0.2) is 31.8 Å². The minimum atomic E-state index is -0.635. The van der Waals surface area contributed by atoms with E-state index in [2.05, 4.69) is 12.2 Å². The average molecular weight is 298 g/mol. The van der Waals surface area contributed by atoms with Crippen molar-refractivity contribution in [1.29, 1.82) is 0 Å². The number of hydrogen-bond donors (Lipinski definition) is 2. The Balaban J connectivity index is 2.30. The van der Waals surface area contributed by atoms with Gasteiger partial charge in [-0.2, -0.15) is 0 Å². The van der Waals surface area contributed by atoms with Gasteiger partial charge in [-0.1, -0.05) is 13.3 Å². The Labute approximate surface area is 124 Å². The zero-order chi connectivity index (χ0) is 15.7. The molecule has 0 bridgehead atoms. The van der Waals surface area contributed by atoms with Crippen molar-refractivity contribution < 1.29 is 18.7 Å². The molecule has 3 N–H and O–H groups in total. The van der Waals surface area contributed by atoms with Gasteiger partial charge in [-0.05, 0) is 31.5 Å². The molecule has 0 aliphatic rings. The number of benzene rings is 1. The second kappa shape index (κ2) is 9.31. The molecule has 1 rings (SSSR count).